The van der Waals surface area contributed by atoms with Gasteiger partial charge < -0.3 is 15.2 Å². The third-order valence-electron chi connectivity index (χ3n) is 3.59. The first-order valence-corrected chi connectivity index (χ1v) is 9.30. The number of aryl methyl sites for hydroxylation is 1. The number of anilines is 2. The molecular weight excluding hydrogens is 383 g/mol. The summed E-state index contributed by atoms with van der Waals surface area (Å²) in [6.07, 6.45) is 0. The van der Waals surface area contributed by atoms with Crippen LogP contribution in [0.4, 0.5) is 15.8 Å². The number of benzene rings is 2. The zero-order chi connectivity index (χ0) is 20.1. The average molecular weight is 400 g/mol. The summed E-state index contributed by atoms with van der Waals surface area (Å²) in [5.41, 5.74) is 0.816. The van der Waals surface area contributed by atoms with Gasteiger partial charge in [0.2, 0.25) is 11.8 Å². The van der Waals surface area contributed by atoms with Crippen molar-refractivity contribution >= 4 is 35.0 Å². The topological polar surface area (TPSA) is 97.1 Å². The summed E-state index contributed by atoms with van der Waals surface area (Å²) in [6, 6.07) is 11.1. The van der Waals surface area contributed by atoms with Crippen LogP contribution in [-0.4, -0.2) is 22.0 Å². The van der Waals surface area contributed by atoms with E-state index in [4.69, 9.17) is 4.52 Å². The number of nitrogens with zero attached hydrogens (tertiary/aromatic N) is 2. The molecule has 0 spiro atoms. The van der Waals surface area contributed by atoms with E-state index in [1.54, 1.807) is 19.1 Å². The van der Waals surface area contributed by atoms with Crippen LogP contribution in [0.3, 0.4) is 0 Å². The SMILES string of the molecule is CC(=O)Nc1cc(NC(=O)c2ccccc2SCc2nc(C)no2)ccc1F. The molecule has 28 heavy (non-hydrogen) atoms. The Morgan fingerprint density at radius 3 is 2.68 bits per heavy atom. The van der Waals surface area contributed by atoms with Crippen molar-refractivity contribution in [3.05, 3.63) is 65.6 Å². The molecule has 3 rings (SSSR count). The lowest BCUT2D eigenvalue weighted by Crippen LogP contribution is -2.14. The average Bonchev–Trinajstić information content (AvgIpc) is 3.08. The van der Waals surface area contributed by atoms with Crippen LogP contribution in [0, 0.1) is 12.7 Å². The maximum atomic E-state index is 13.8. The molecule has 2 aromatic carbocycles. The van der Waals surface area contributed by atoms with Crippen molar-refractivity contribution in [2.45, 2.75) is 24.5 Å². The van der Waals surface area contributed by atoms with Gasteiger partial charge in [-0.2, -0.15) is 4.98 Å². The van der Waals surface area contributed by atoms with Gasteiger partial charge in [0.1, 0.15) is 5.82 Å². The number of carbonyl (C=O) groups excluding carboxylic acids is 2. The fourth-order valence-corrected chi connectivity index (χ4v) is 3.29. The normalized spacial score (nSPS) is 10.5. The Kier molecular flexibility index (Phi) is 6.05. The van der Waals surface area contributed by atoms with Crippen molar-refractivity contribution in [3.8, 4) is 0 Å². The molecule has 0 aliphatic rings. The number of carbonyl (C=O) groups is 2. The fourth-order valence-electron chi connectivity index (χ4n) is 2.41. The van der Waals surface area contributed by atoms with E-state index < -0.39 is 11.7 Å². The molecule has 0 aliphatic carbocycles. The Labute approximate surface area is 164 Å². The van der Waals surface area contributed by atoms with E-state index in [1.165, 1.54) is 36.9 Å². The van der Waals surface area contributed by atoms with Gasteiger partial charge in [0, 0.05) is 17.5 Å². The number of hydrogen-bond acceptors (Lipinski definition) is 6. The summed E-state index contributed by atoms with van der Waals surface area (Å²) in [5.74, 6) is 0.0997. The van der Waals surface area contributed by atoms with Crippen LogP contribution in [0.1, 0.15) is 29.0 Å². The van der Waals surface area contributed by atoms with Gasteiger partial charge in [-0.25, -0.2) is 4.39 Å². The monoisotopic (exact) mass is 400 g/mol. The van der Waals surface area contributed by atoms with E-state index in [2.05, 4.69) is 20.8 Å². The van der Waals surface area contributed by atoms with E-state index >= 15 is 0 Å². The molecule has 1 aromatic heterocycles. The van der Waals surface area contributed by atoms with Gasteiger partial charge in [-0.15, -0.1) is 11.8 Å². The minimum absolute atomic E-state index is 0.000256. The third-order valence-corrected chi connectivity index (χ3v) is 4.65. The molecule has 2 amide bonds. The first-order chi connectivity index (χ1) is 13.4. The van der Waals surface area contributed by atoms with Crippen LogP contribution in [-0.2, 0) is 10.5 Å². The lowest BCUT2D eigenvalue weighted by atomic mass is 10.2. The number of amides is 2. The second-order valence-corrected chi connectivity index (χ2v) is 6.87. The lowest BCUT2D eigenvalue weighted by molar-refractivity contribution is -0.114. The van der Waals surface area contributed by atoms with Gasteiger partial charge in [-0.05, 0) is 37.3 Å². The Morgan fingerprint density at radius 2 is 1.96 bits per heavy atom. The fraction of sp³-hybridized carbons (Fsp3) is 0.158. The van der Waals surface area contributed by atoms with Crippen molar-refractivity contribution < 1.29 is 18.5 Å². The number of nitrogens with one attached hydrogen (secondary N) is 2. The van der Waals surface area contributed by atoms with E-state index in [9.17, 15) is 14.0 Å². The molecule has 9 heteroatoms. The van der Waals surface area contributed by atoms with Crippen molar-refractivity contribution in [3.63, 3.8) is 0 Å². The number of thioether (sulfide) groups is 1. The highest BCUT2D eigenvalue weighted by Crippen LogP contribution is 2.27. The van der Waals surface area contributed by atoms with Crippen LogP contribution in [0.25, 0.3) is 0 Å². The molecule has 0 radical (unpaired) electrons. The summed E-state index contributed by atoms with van der Waals surface area (Å²) in [5, 5.41) is 8.84. The van der Waals surface area contributed by atoms with Gasteiger partial charge in [0.25, 0.3) is 5.91 Å². The highest BCUT2D eigenvalue weighted by Gasteiger charge is 2.14. The first-order valence-electron chi connectivity index (χ1n) is 8.32. The first kappa shape index (κ1) is 19.6. The molecule has 1 heterocycles. The number of aromatic nitrogens is 2. The molecule has 0 saturated carbocycles. The summed E-state index contributed by atoms with van der Waals surface area (Å²) in [7, 11) is 0. The van der Waals surface area contributed by atoms with Crippen LogP contribution in [0.15, 0.2) is 51.9 Å². The molecule has 0 atom stereocenters. The highest BCUT2D eigenvalue weighted by atomic mass is 32.2. The quantitative estimate of drug-likeness (QED) is 0.607. The number of rotatable bonds is 6. The maximum absolute atomic E-state index is 13.8. The predicted octanol–water partition coefficient (Wildman–Crippen LogP) is 4.02. The lowest BCUT2D eigenvalue weighted by Gasteiger charge is -2.11. The Morgan fingerprint density at radius 1 is 1.18 bits per heavy atom. The maximum Gasteiger partial charge on any atom is 0.256 e. The highest BCUT2D eigenvalue weighted by molar-refractivity contribution is 7.98. The van der Waals surface area contributed by atoms with Crippen molar-refractivity contribution in [1.82, 2.24) is 10.1 Å². The van der Waals surface area contributed by atoms with Crippen LogP contribution in [0.2, 0.25) is 0 Å². The molecule has 0 unspecified atom stereocenters. The Balaban J connectivity index is 1.75. The summed E-state index contributed by atoms with van der Waals surface area (Å²) in [6.45, 7) is 3.01. The van der Waals surface area contributed by atoms with Gasteiger partial charge in [0.15, 0.2) is 5.82 Å². The van der Waals surface area contributed by atoms with Crippen molar-refractivity contribution in [2.75, 3.05) is 10.6 Å². The van der Waals surface area contributed by atoms with E-state index in [0.717, 1.165) is 4.90 Å². The van der Waals surface area contributed by atoms with E-state index in [-0.39, 0.29) is 11.6 Å². The zero-order valence-corrected chi connectivity index (χ0v) is 16.0. The van der Waals surface area contributed by atoms with Crippen LogP contribution < -0.4 is 10.6 Å². The Hall–Kier alpha value is -3.20. The van der Waals surface area contributed by atoms with Gasteiger partial charge in [-0.1, -0.05) is 17.3 Å². The number of hydrogen-bond donors (Lipinski definition) is 2. The standard InChI is InChI=1S/C19H17FN4O3S/c1-11-21-18(27-24-11)10-28-17-6-4-3-5-14(17)19(26)23-13-7-8-15(20)16(9-13)22-12(2)25/h3-9H,10H2,1-2H3,(H,22,25)(H,23,26). The molecular formula is C19H17FN4O3S. The van der Waals surface area contributed by atoms with Gasteiger partial charge in [0.05, 0.1) is 17.0 Å². The smallest absolute Gasteiger partial charge is 0.256 e. The molecule has 0 bridgehead atoms. The Bertz CT molecular complexity index is 1020. The number of halogens is 1. The second kappa shape index (κ2) is 8.66. The summed E-state index contributed by atoms with van der Waals surface area (Å²) >= 11 is 1.39. The van der Waals surface area contributed by atoms with Crippen LogP contribution in [0.5, 0.6) is 0 Å². The van der Waals surface area contributed by atoms with Crippen molar-refractivity contribution in [2.24, 2.45) is 0 Å². The molecule has 0 aliphatic heterocycles. The second-order valence-electron chi connectivity index (χ2n) is 5.85. The largest absolute Gasteiger partial charge is 0.338 e. The summed E-state index contributed by atoms with van der Waals surface area (Å²) in [4.78, 5) is 28.8. The summed E-state index contributed by atoms with van der Waals surface area (Å²) < 4.78 is 18.9. The van der Waals surface area contributed by atoms with E-state index in [0.29, 0.717) is 28.7 Å². The van der Waals surface area contributed by atoms with Gasteiger partial charge in [-0.3, -0.25) is 9.59 Å². The third kappa shape index (κ3) is 4.95. The van der Waals surface area contributed by atoms with Gasteiger partial charge >= 0.3 is 0 Å². The van der Waals surface area contributed by atoms with E-state index in [1.807, 2.05) is 12.1 Å². The molecule has 2 N–H and O–H groups in total. The molecule has 7 nitrogen and oxygen atoms in total. The molecule has 0 saturated heterocycles. The molecule has 3 aromatic rings. The zero-order valence-electron chi connectivity index (χ0n) is 15.2. The predicted molar refractivity (Wildman–Crippen MR) is 104 cm³/mol. The van der Waals surface area contributed by atoms with Crippen molar-refractivity contribution in [1.29, 1.82) is 0 Å². The molecule has 144 valence electrons. The molecule has 0 fully saturated rings. The van der Waals surface area contributed by atoms with Crippen LogP contribution >= 0.6 is 11.8 Å². The minimum atomic E-state index is -0.584. The minimum Gasteiger partial charge on any atom is -0.338 e.